The van der Waals surface area contributed by atoms with Gasteiger partial charge < -0.3 is 0 Å². The van der Waals surface area contributed by atoms with Crippen LogP contribution in [-0.2, 0) is 0 Å². The molecule has 0 aliphatic rings. The summed E-state index contributed by atoms with van der Waals surface area (Å²) in [4.78, 5) is 16.5. The molecule has 4 nitrogen and oxygen atoms in total. The van der Waals surface area contributed by atoms with Crippen molar-refractivity contribution in [3.63, 3.8) is 0 Å². The van der Waals surface area contributed by atoms with Gasteiger partial charge in [-0.2, -0.15) is 0 Å². The first kappa shape index (κ1) is 17.3. The molecule has 3 aromatic rings. The second kappa shape index (κ2) is 7.57. The summed E-state index contributed by atoms with van der Waals surface area (Å²) < 4.78 is 27.9. The standard InChI is InChI=1S/C18H15F2N3OS/c1-12(17(24)13-7-8-15(19)16(20)9-13)10-25-18-21-11-23(22-18)14-5-3-2-4-6-14/h2-9,11-12H,10H2,1H3/t12-/m1/s1. The lowest BCUT2D eigenvalue weighted by molar-refractivity contribution is 0.0941. The van der Waals surface area contributed by atoms with Gasteiger partial charge in [0.15, 0.2) is 17.4 Å². The fourth-order valence-corrected chi connectivity index (χ4v) is 3.05. The van der Waals surface area contributed by atoms with Crippen LogP contribution in [0.1, 0.15) is 17.3 Å². The Bertz CT molecular complexity index is 883. The summed E-state index contributed by atoms with van der Waals surface area (Å²) in [5.74, 6) is -2.16. The molecule has 1 heterocycles. The fraction of sp³-hybridized carbons (Fsp3) is 0.167. The monoisotopic (exact) mass is 359 g/mol. The zero-order chi connectivity index (χ0) is 17.8. The predicted octanol–water partition coefficient (Wildman–Crippen LogP) is 4.16. The molecule has 0 aliphatic carbocycles. The third kappa shape index (κ3) is 4.11. The Balaban J connectivity index is 1.62. The summed E-state index contributed by atoms with van der Waals surface area (Å²) in [7, 11) is 0. The highest BCUT2D eigenvalue weighted by Crippen LogP contribution is 2.21. The number of thioether (sulfide) groups is 1. The van der Waals surface area contributed by atoms with E-state index in [-0.39, 0.29) is 17.3 Å². The molecule has 0 saturated heterocycles. The number of hydrogen-bond acceptors (Lipinski definition) is 4. The maximum atomic E-state index is 13.3. The number of Topliss-reactive ketones (excluding diaryl/α,β-unsaturated/α-hetero) is 1. The molecule has 3 rings (SSSR count). The summed E-state index contributed by atoms with van der Waals surface area (Å²) in [6, 6.07) is 12.8. The summed E-state index contributed by atoms with van der Waals surface area (Å²) in [5, 5.41) is 4.91. The first-order valence-corrected chi connectivity index (χ1v) is 8.62. The molecular formula is C18H15F2N3OS. The van der Waals surface area contributed by atoms with Gasteiger partial charge in [-0.15, -0.1) is 5.10 Å². The maximum Gasteiger partial charge on any atom is 0.208 e. The van der Waals surface area contributed by atoms with Crippen molar-refractivity contribution in [1.82, 2.24) is 14.8 Å². The zero-order valence-electron chi connectivity index (χ0n) is 13.4. The molecule has 0 unspecified atom stereocenters. The molecule has 0 amide bonds. The molecule has 0 radical (unpaired) electrons. The Hall–Kier alpha value is -2.54. The summed E-state index contributed by atoms with van der Waals surface area (Å²) in [5.41, 5.74) is 1.06. The van der Waals surface area contributed by atoms with Crippen molar-refractivity contribution in [3.8, 4) is 5.69 Å². The number of para-hydroxylation sites is 1. The van der Waals surface area contributed by atoms with Gasteiger partial charge in [-0.3, -0.25) is 4.79 Å². The van der Waals surface area contributed by atoms with Gasteiger partial charge in [0.25, 0.3) is 0 Å². The highest BCUT2D eigenvalue weighted by Gasteiger charge is 2.18. The van der Waals surface area contributed by atoms with Crippen LogP contribution in [0.2, 0.25) is 0 Å². The van der Waals surface area contributed by atoms with E-state index in [0.717, 1.165) is 17.8 Å². The fourth-order valence-electron chi connectivity index (χ4n) is 2.23. The van der Waals surface area contributed by atoms with Crippen LogP contribution in [0.15, 0.2) is 60.0 Å². The van der Waals surface area contributed by atoms with Gasteiger partial charge in [-0.25, -0.2) is 18.4 Å². The predicted molar refractivity (Wildman–Crippen MR) is 91.9 cm³/mol. The van der Waals surface area contributed by atoms with Crippen molar-refractivity contribution >= 4 is 17.5 Å². The van der Waals surface area contributed by atoms with Crippen LogP contribution in [0.3, 0.4) is 0 Å². The number of carbonyl (C=O) groups is 1. The first-order valence-electron chi connectivity index (χ1n) is 7.64. The molecule has 0 fully saturated rings. The molecule has 0 bridgehead atoms. The van der Waals surface area contributed by atoms with Crippen LogP contribution in [0.4, 0.5) is 8.78 Å². The number of hydrogen-bond donors (Lipinski definition) is 0. The molecular weight excluding hydrogens is 344 g/mol. The van der Waals surface area contributed by atoms with Crippen molar-refractivity contribution < 1.29 is 13.6 Å². The lowest BCUT2D eigenvalue weighted by Crippen LogP contribution is -2.14. The van der Waals surface area contributed by atoms with E-state index in [0.29, 0.717) is 10.9 Å². The summed E-state index contributed by atoms with van der Waals surface area (Å²) in [6.07, 6.45) is 1.61. The minimum absolute atomic E-state index is 0.162. The van der Waals surface area contributed by atoms with Crippen molar-refractivity contribution in [3.05, 3.63) is 72.1 Å². The quantitative estimate of drug-likeness (QED) is 0.490. The van der Waals surface area contributed by atoms with Gasteiger partial charge in [0.05, 0.1) is 5.69 Å². The SMILES string of the molecule is C[C@H](CSc1ncn(-c2ccccc2)n1)C(=O)c1ccc(F)c(F)c1. The van der Waals surface area contributed by atoms with Crippen LogP contribution >= 0.6 is 11.8 Å². The minimum atomic E-state index is -1.02. The van der Waals surface area contributed by atoms with Crippen LogP contribution in [0.25, 0.3) is 5.69 Å². The third-order valence-corrected chi connectivity index (χ3v) is 4.72. The average Bonchev–Trinajstić information content (AvgIpc) is 3.11. The Kier molecular flexibility index (Phi) is 5.23. The van der Waals surface area contributed by atoms with Gasteiger partial charge in [-0.1, -0.05) is 36.9 Å². The van der Waals surface area contributed by atoms with Crippen molar-refractivity contribution in [2.45, 2.75) is 12.1 Å². The number of halogens is 2. The number of carbonyl (C=O) groups excluding carboxylic acids is 1. The van der Waals surface area contributed by atoms with Crippen LogP contribution < -0.4 is 0 Å². The summed E-state index contributed by atoms with van der Waals surface area (Å²) >= 11 is 1.34. The molecule has 0 N–H and O–H groups in total. The molecule has 2 aromatic carbocycles. The van der Waals surface area contributed by atoms with E-state index in [2.05, 4.69) is 10.1 Å². The second-order valence-corrected chi connectivity index (χ2v) is 6.50. The Labute approximate surface area is 147 Å². The van der Waals surface area contributed by atoms with E-state index < -0.39 is 11.6 Å². The van der Waals surface area contributed by atoms with E-state index in [9.17, 15) is 13.6 Å². The molecule has 0 aliphatic heterocycles. The lowest BCUT2D eigenvalue weighted by atomic mass is 10.0. The topological polar surface area (TPSA) is 47.8 Å². The summed E-state index contributed by atoms with van der Waals surface area (Å²) in [6.45, 7) is 1.74. The van der Waals surface area contributed by atoms with Crippen molar-refractivity contribution in [1.29, 1.82) is 0 Å². The molecule has 128 valence electrons. The number of benzene rings is 2. The highest BCUT2D eigenvalue weighted by atomic mass is 32.2. The number of aromatic nitrogens is 3. The smallest absolute Gasteiger partial charge is 0.208 e. The highest BCUT2D eigenvalue weighted by molar-refractivity contribution is 7.99. The van der Waals surface area contributed by atoms with E-state index >= 15 is 0 Å². The molecule has 1 atom stereocenters. The average molecular weight is 359 g/mol. The van der Waals surface area contributed by atoms with Gasteiger partial charge in [-0.05, 0) is 30.3 Å². The van der Waals surface area contributed by atoms with Crippen LogP contribution in [0.5, 0.6) is 0 Å². The van der Waals surface area contributed by atoms with Gasteiger partial charge >= 0.3 is 0 Å². The maximum absolute atomic E-state index is 13.3. The Morgan fingerprint density at radius 3 is 2.64 bits per heavy atom. The normalized spacial score (nSPS) is 12.1. The molecule has 0 spiro atoms. The lowest BCUT2D eigenvalue weighted by Gasteiger charge is -2.09. The first-order chi connectivity index (χ1) is 12.0. The van der Waals surface area contributed by atoms with Gasteiger partial charge in [0, 0.05) is 17.2 Å². The zero-order valence-corrected chi connectivity index (χ0v) is 14.2. The van der Waals surface area contributed by atoms with E-state index in [4.69, 9.17) is 0 Å². The van der Waals surface area contributed by atoms with Crippen molar-refractivity contribution in [2.75, 3.05) is 5.75 Å². The van der Waals surface area contributed by atoms with Gasteiger partial charge in [0.1, 0.15) is 6.33 Å². The van der Waals surface area contributed by atoms with E-state index in [1.807, 2.05) is 30.3 Å². The third-order valence-electron chi connectivity index (χ3n) is 3.61. The van der Waals surface area contributed by atoms with Gasteiger partial charge in [0.2, 0.25) is 5.16 Å². The molecule has 0 saturated carbocycles. The van der Waals surface area contributed by atoms with E-state index in [1.54, 1.807) is 17.9 Å². The number of nitrogens with zero attached hydrogens (tertiary/aromatic N) is 3. The van der Waals surface area contributed by atoms with Crippen LogP contribution in [0, 0.1) is 17.6 Å². The number of rotatable bonds is 6. The minimum Gasteiger partial charge on any atom is -0.294 e. The Morgan fingerprint density at radius 2 is 1.92 bits per heavy atom. The largest absolute Gasteiger partial charge is 0.294 e. The van der Waals surface area contributed by atoms with Crippen LogP contribution in [-0.4, -0.2) is 26.3 Å². The van der Waals surface area contributed by atoms with Crippen molar-refractivity contribution in [2.24, 2.45) is 5.92 Å². The second-order valence-electron chi connectivity index (χ2n) is 5.51. The molecule has 7 heteroatoms. The molecule has 25 heavy (non-hydrogen) atoms. The molecule has 1 aromatic heterocycles. The Morgan fingerprint density at radius 1 is 1.16 bits per heavy atom. The van der Waals surface area contributed by atoms with E-state index in [1.165, 1.54) is 17.8 Å². The number of ketones is 1.